The maximum Gasteiger partial charge on any atom is 0.223 e. The lowest BCUT2D eigenvalue weighted by Crippen LogP contribution is -2.26. The van der Waals surface area contributed by atoms with Crippen LogP contribution in [0.4, 0.5) is 0 Å². The lowest BCUT2D eigenvalue weighted by Gasteiger charge is -2.14. The van der Waals surface area contributed by atoms with Crippen LogP contribution in [0.15, 0.2) is 18.2 Å². The largest absolute Gasteiger partial charge is 0.493 e. The molecule has 0 aliphatic heterocycles. The van der Waals surface area contributed by atoms with E-state index in [4.69, 9.17) is 22.1 Å². The molecule has 1 aromatic rings. The van der Waals surface area contributed by atoms with Gasteiger partial charge in [0.2, 0.25) is 5.91 Å². The average molecular weight is 297 g/mol. The minimum Gasteiger partial charge on any atom is -0.493 e. The Balaban J connectivity index is 1.87. The molecule has 1 aliphatic rings. The molecule has 1 atom stereocenters. The molecule has 1 saturated carbocycles. The molecular weight excluding hydrogens is 276 g/mol. The number of halogens is 1. The fourth-order valence-corrected chi connectivity index (χ4v) is 2.22. The van der Waals surface area contributed by atoms with Crippen molar-refractivity contribution in [3.8, 4) is 5.75 Å². The summed E-state index contributed by atoms with van der Waals surface area (Å²) < 4.78 is 5.69. The van der Waals surface area contributed by atoms with Gasteiger partial charge in [-0.05, 0) is 38.3 Å². The van der Waals surface area contributed by atoms with E-state index in [0.717, 1.165) is 18.4 Å². The monoisotopic (exact) mass is 296 g/mol. The smallest absolute Gasteiger partial charge is 0.223 e. The molecule has 1 unspecified atom stereocenters. The van der Waals surface area contributed by atoms with Crippen molar-refractivity contribution in [2.45, 2.75) is 44.7 Å². The first-order valence-electron chi connectivity index (χ1n) is 7.01. The summed E-state index contributed by atoms with van der Waals surface area (Å²) >= 11 is 6.18. The highest BCUT2D eigenvalue weighted by molar-refractivity contribution is 6.31. The minimum atomic E-state index is 0.00964. The van der Waals surface area contributed by atoms with Crippen LogP contribution in [0.2, 0.25) is 5.02 Å². The lowest BCUT2D eigenvalue weighted by molar-refractivity contribution is -0.121. The van der Waals surface area contributed by atoms with Crippen molar-refractivity contribution < 1.29 is 9.53 Å². The molecule has 0 radical (unpaired) electrons. The van der Waals surface area contributed by atoms with E-state index >= 15 is 0 Å². The molecule has 20 heavy (non-hydrogen) atoms. The summed E-state index contributed by atoms with van der Waals surface area (Å²) in [4.78, 5) is 11.6. The number of nitrogens with one attached hydrogen (secondary N) is 1. The molecule has 0 spiro atoms. The maximum atomic E-state index is 11.6. The van der Waals surface area contributed by atoms with Crippen LogP contribution < -0.4 is 15.8 Å². The van der Waals surface area contributed by atoms with E-state index in [1.165, 1.54) is 0 Å². The van der Waals surface area contributed by atoms with E-state index in [9.17, 15) is 4.79 Å². The summed E-state index contributed by atoms with van der Waals surface area (Å²) in [5, 5.41) is 3.59. The third-order valence-corrected chi connectivity index (χ3v) is 3.49. The van der Waals surface area contributed by atoms with E-state index in [2.05, 4.69) is 5.32 Å². The molecule has 1 fully saturated rings. The predicted molar refractivity (Wildman–Crippen MR) is 80.1 cm³/mol. The quantitative estimate of drug-likeness (QED) is 0.811. The summed E-state index contributed by atoms with van der Waals surface area (Å²) in [5.74, 6) is 0.761. The Kier molecular flexibility index (Phi) is 5.26. The van der Waals surface area contributed by atoms with Gasteiger partial charge in [0.05, 0.1) is 13.0 Å². The van der Waals surface area contributed by atoms with Crippen molar-refractivity contribution in [3.63, 3.8) is 0 Å². The Bertz CT molecular complexity index is 473. The number of hydrogen-bond acceptors (Lipinski definition) is 3. The zero-order chi connectivity index (χ0) is 14.5. The second kappa shape index (κ2) is 6.95. The average Bonchev–Trinajstić information content (AvgIpc) is 3.16. The number of hydrogen-bond donors (Lipinski definition) is 2. The molecule has 5 heteroatoms. The molecule has 0 heterocycles. The van der Waals surface area contributed by atoms with Crippen LogP contribution in [0.3, 0.4) is 0 Å². The third-order valence-electron chi connectivity index (χ3n) is 3.13. The number of carbonyl (C=O) groups excluding carboxylic acids is 1. The first-order chi connectivity index (χ1) is 9.56. The van der Waals surface area contributed by atoms with Gasteiger partial charge in [-0.3, -0.25) is 4.79 Å². The van der Waals surface area contributed by atoms with Crippen molar-refractivity contribution in [3.05, 3.63) is 28.8 Å². The molecule has 0 aromatic heterocycles. The number of nitrogens with two attached hydrogens (primary N) is 1. The molecule has 3 N–H and O–H groups in total. The Morgan fingerprint density at radius 1 is 1.55 bits per heavy atom. The molecular formula is C15H21ClN2O2. The fraction of sp³-hybridized carbons (Fsp3) is 0.533. The molecule has 1 aromatic carbocycles. The molecule has 0 saturated heterocycles. The van der Waals surface area contributed by atoms with Gasteiger partial charge in [0, 0.05) is 22.7 Å². The van der Waals surface area contributed by atoms with Crippen molar-refractivity contribution in [2.75, 3.05) is 6.61 Å². The number of rotatable bonds is 7. The molecule has 1 amide bonds. The number of amides is 1. The molecule has 110 valence electrons. The zero-order valence-electron chi connectivity index (χ0n) is 11.7. The SMILES string of the molecule is CC(N)Cc1c(Cl)cccc1OCCC(=O)NC1CC1. The van der Waals surface area contributed by atoms with Gasteiger partial charge in [-0.15, -0.1) is 0 Å². The van der Waals surface area contributed by atoms with Gasteiger partial charge in [-0.2, -0.15) is 0 Å². The van der Waals surface area contributed by atoms with E-state index in [1.54, 1.807) is 0 Å². The van der Waals surface area contributed by atoms with Crippen LogP contribution in [-0.2, 0) is 11.2 Å². The van der Waals surface area contributed by atoms with E-state index in [0.29, 0.717) is 36.3 Å². The zero-order valence-corrected chi connectivity index (χ0v) is 12.5. The van der Waals surface area contributed by atoms with Gasteiger partial charge in [-0.25, -0.2) is 0 Å². The third kappa shape index (κ3) is 4.69. The maximum absolute atomic E-state index is 11.6. The van der Waals surface area contributed by atoms with Crippen LogP contribution in [0.5, 0.6) is 5.75 Å². The summed E-state index contributed by atoms with van der Waals surface area (Å²) in [5.41, 5.74) is 6.73. The fourth-order valence-electron chi connectivity index (χ4n) is 1.98. The first-order valence-corrected chi connectivity index (χ1v) is 7.39. The lowest BCUT2D eigenvalue weighted by atomic mass is 10.1. The van der Waals surface area contributed by atoms with Crippen LogP contribution >= 0.6 is 11.6 Å². The van der Waals surface area contributed by atoms with Crippen LogP contribution in [0.1, 0.15) is 31.7 Å². The minimum absolute atomic E-state index is 0.00964. The first kappa shape index (κ1) is 15.1. The van der Waals surface area contributed by atoms with Gasteiger partial charge in [-0.1, -0.05) is 17.7 Å². The van der Waals surface area contributed by atoms with E-state index < -0.39 is 0 Å². The molecule has 1 aliphatic carbocycles. The van der Waals surface area contributed by atoms with Gasteiger partial charge < -0.3 is 15.8 Å². The highest BCUT2D eigenvalue weighted by Crippen LogP contribution is 2.27. The standard InChI is InChI=1S/C15H21ClN2O2/c1-10(17)9-12-13(16)3-2-4-14(12)20-8-7-15(19)18-11-5-6-11/h2-4,10-11H,5-9,17H2,1H3,(H,18,19). The highest BCUT2D eigenvalue weighted by Gasteiger charge is 2.22. The number of benzene rings is 1. The van der Waals surface area contributed by atoms with Crippen LogP contribution in [-0.4, -0.2) is 24.6 Å². The van der Waals surface area contributed by atoms with Crippen LogP contribution in [0.25, 0.3) is 0 Å². The van der Waals surface area contributed by atoms with Gasteiger partial charge in [0.25, 0.3) is 0 Å². The van der Waals surface area contributed by atoms with Crippen LogP contribution in [0, 0.1) is 0 Å². The topological polar surface area (TPSA) is 64.3 Å². The van der Waals surface area contributed by atoms with Gasteiger partial charge in [0.1, 0.15) is 5.75 Å². The second-order valence-electron chi connectivity index (χ2n) is 5.34. The summed E-state index contributed by atoms with van der Waals surface area (Å²) in [6.07, 6.45) is 3.21. The Labute approximate surface area is 124 Å². The number of carbonyl (C=O) groups is 1. The summed E-state index contributed by atoms with van der Waals surface area (Å²) in [6.45, 7) is 2.28. The summed E-state index contributed by atoms with van der Waals surface area (Å²) in [7, 11) is 0. The Morgan fingerprint density at radius 2 is 2.30 bits per heavy atom. The Morgan fingerprint density at radius 3 is 2.95 bits per heavy atom. The second-order valence-corrected chi connectivity index (χ2v) is 5.75. The van der Waals surface area contributed by atoms with Crippen molar-refractivity contribution in [1.29, 1.82) is 0 Å². The molecule has 4 nitrogen and oxygen atoms in total. The predicted octanol–water partition coefficient (Wildman–Crippen LogP) is 2.28. The van der Waals surface area contributed by atoms with Crippen molar-refractivity contribution in [2.24, 2.45) is 5.73 Å². The summed E-state index contributed by atoms with van der Waals surface area (Å²) in [6, 6.07) is 5.93. The number of ether oxygens (including phenoxy) is 1. The van der Waals surface area contributed by atoms with Gasteiger partial charge >= 0.3 is 0 Å². The van der Waals surface area contributed by atoms with Crippen molar-refractivity contribution >= 4 is 17.5 Å². The highest BCUT2D eigenvalue weighted by atomic mass is 35.5. The normalized spacial score (nSPS) is 15.8. The van der Waals surface area contributed by atoms with Gasteiger partial charge in [0.15, 0.2) is 0 Å². The van der Waals surface area contributed by atoms with E-state index in [1.807, 2.05) is 25.1 Å². The molecule has 2 rings (SSSR count). The Hall–Kier alpha value is -1.26. The molecule has 0 bridgehead atoms. The van der Waals surface area contributed by atoms with E-state index in [-0.39, 0.29) is 11.9 Å². The van der Waals surface area contributed by atoms with Crippen molar-refractivity contribution in [1.82, 2.24) is 5.32 Å².